The van der Waals surface area contributed by atoms with Crippen LogP contribution in [0.2, 0.25) is 0 Å². The van der Waals surface area contributed by atoms with Crippen molar-refractivity contribution in [3.63, 3.8) is 0 Å². The van der Waals surface area contributed by atoms with Gasteiger partial charge < -0.3 is 10.1 Å². The average Bonchev–Trinajstić information content (AvgIpc) is 2.63. The molecular weight excluding hydrogens is 358 g/mol. The number of hydrogen-bond donors (Lipinski definition) is 1. The van der Waals surface area contributed by atoms with Crippen molar-refractivity contribution in [3.05, 3.63) is 59.2 Å². The third kappa shape index (κ3) is 6.14. The SMILES string of the molecule is CCOc1ccc(C(C)=O)cc1CSCC(=O)Nc1ccccc1C(C)C. The first kappa shape index (κ1) is 21.0. The van der Waals surface area contributed by atoms with Gasteiger partial charge in [0.2, 0.25) is 5.91 Å². The number of ether oxygens (including phenoxy) is 1. The smallest absolute Gasteiger partial charge is 0.234 e. The summed E-state index contributed by atoms with van der Waals surface area (Å²) in [6, 6.07) is 13.3. The van der Waals surface area contributed by atoms with E-state index in [1.54, 1.807) is 13.0 Å². The molecule has 0 atom stereocenters. The second-order valence-electron chi connectivity index (χ2n) is 6.59. The molecule has 1 N–H and O–H groups in total. The number of ketones is 1. The first-order valence-electron chi connectivity index (χ1n) is 9.15. The number of thioether (sulfide) groups is 1. The van der Waals surface area contributed by atoms with Crippen LogP contribution in [0.5, 0.6) is 5.75 Å². The van der Waals surface area contributed by atoms with Gasteiger partial charge >= 0.3 is 0 Å². The van der Waals surface area contributed by atoms with E-state index in [4.69, 9.17) is 4.74 Å². The van der Waals surface area contributed by atoms with Crippen LogP contribution in [-0.2, 0) is 10.5 Å². The molecule has 0 saturated carbocycles. The Balaban J connectivity index is 1.98. The van der Waals surface area contributed by atoms with Gasteiger partial charge in [-0.3, -0.25) is 9.59 Å². The van der Waals surface area contributed by atoms with Crippen molar-refractivity contribution in [3.8, 4) is 5.75 Å². The minimum Gasteiger partial charge on any atom is -0.494 e. The summed E-state index contributed by atoms with van der Waals surface area (Å²) in [5.41, 5.74) is 3.59. The van der Waals surface area contributed by atoms with Crippen molar-refractivity contribution < 1.29 is 14.3 Å². The quantitative estimate of drug-likeness (QED) is 0.597. The van der Waals surface area contributed by atoms with E-state index < -0.39 is 0 Å². The van der Waals surface area contributed by atoms with Crippen LogP contribution in [0, 0.1) is 0 Å². The van der Waals surface area contributed by atoms with E-state index in [2.05, 4.69) is 19.2 Å². The summed E-state index contributed by atoms with van der Waals surface area (Å²) in [5.74, 6) is 2.04. The third-order valence-electron chi connectivity index (χ3n) is 4.11. The van der Waals surface area contributed by atoms with Gasteiger partial charge in [-0.2, -0.15) is 0 Å². The van der Waals surface area contributed by atoms with E-state index in [0.717, 1.165) is 22.6 Å². The zero-order valence-electron chi connectivity index (χ0n) is 16.4. The Kier molecular flexibility index (Phi) is 7.92. The maximum Gasteiger partial charge on any atom is 0.234 e. The molecule has 0 fully saturated rings. The minimum absolute atomic E-state index is 0.0207. The summed E-state index contributed by atoms with van der Waals surface area (Å²) in [6.07, 6.45) is 0. The summed E-state index contributed by atoms with van der Waals surface area (Å²) >= 11 is 1.51. The molecule has 2 aromatic carbocycles. The first-order chi connectivity index (χ1) is 12.9. The molecule has 0 bridgehead atoms. The number of amides is 1. The molecule has 1 amide bonds. The number of hydrogen-bond acceptors (Lipinski definition) is 4. The Morgan fingerprint density at radius 2 is 1.89 bits per heavy atom. The normalized spacial score (nSPS) is 10.7. The topological polar surface area (TPSA) is 55.4 Å². The van der Waals surface area contributed by atoms with E-state index in [1.807, 2.05) is 43.3 Å². The molecule has 0 unspecified atom stereocenters. The highest BCUT2D eigenvalue weighted by atomic mass is 32.2. The molecule has 0 spiro atoms. The van der Waals surface area contributed by atoms with E-state index in [0.29, 0.717) is 29.6 Å². The number of carbonyl (C=O) groups is 2. The van der Waals surface area contributed by atoms with E-state index >= 15 is 0 Å². The Labute approximate surface area is 165 Å². The predicted octanol–water partition coefficient (Wildman–Crippen LogP) is 5.28. The Morgan fingerprint density at radius 1 is 1.15 bits per heavy atom. The molecule has 0 aliphatic heterocycles. The number of rotatable bonds is 9. The van der Waals surface area contributed by atoms with Crippen molar-refractivity contribution >= 4 is 29.1 Å². The van der Waals surface area contributed by atoms with Gasteiger partial charge in [0.05, 0.1) is 12.4 Å². The highest BCUT2D eigenvalue weighted by Gasteiger charge is 2.11. The summed E-state index contributed by atoms with van der Waals surface area (Å²) in [7, 11) is 0. The van der Waals surface area contributed by atoms with Crippen LogP contribution in [0.3, 0.4) is 0 Å². The predicted molar refractivity (Wildman–Crippen MR) is 113 cm³/mol. The van der Waals surface area contributed by atoms with Crippen LogP contribution in [0.4, 0.5) is 5.69 Å². The Hall–Kier alpha value is -2.27. The van der Waals surface area contributed by atoms with Gasteiger partial charge in [0.1, 0.15) is 5.75 Å². The van der Waals surface area contributed by atoms with Gasteiger partial charge in [-0.15, -0.1) is 11.8 Å². The first-order valence-corrected chi connectivity index (χ1v) is 10.3. The maximum atomic E-state index is 12.3. The van der Waals surface area contributed by atoms with Crippen molar-refractivity contribution in [2.45, 2.75) is 39.4 Å². The zero-order valence-corrected chi connectivity index (χ0v) is 17.2. The minimum atomic E-state index is -0.0335. The van der Waals surface area contributed by atoms with E-state index in [9.17, 15) is 9.59 Å². The standard InChI is InChI=1S/C22H27NO3S/c1-5-26-21-11-10-17(16(4)24)12-18(21)13-27-14-22(25)23-20-9-7-6-8-19(20)15(2)3/h6-12,15H,5,13-14H2,1-4H3,(H,23,25). The molecule has 144 valence electrons. The average molecular weight is 386 g/mol. The second kappa shape index (κ2) is 10.2. The Bertz CT molecular complexity index is 802. The largest absolute Gasteiger partial charge is 0.494 e. The molecule has 27 heavy (non-hydrogen) atoms. The van der Waals surface area contributed by atoms with Gasteiger partial charge in [-0.1, -0.05) is 32.0 Å². The van der Waals surface area contributed by atoms with Gasteiger partial charge in [-0.25, -0.2) is 0 Å². The molecule has 0 saturated heterocycles. The zero-order chi connectivity index (χ0) is 19.8. The highest BCUT2D eigenvalue weighted by molar-refractivity contribution is 7.99. The van der Waals surface area contributed by atoms with Gasteiger partial charge in [0.25, 0.3) is 0 Å². The molecule has 2 rings (SSSR count). The van der Waals surface area contributed by atoms with Crippen molar-refractivity contribution in [2.24, 2.45) is 0 Å². The van der Waals surface area contributed by atoms with Crippen molar-refractivity contribution in [2.75, 3.05) is 17.7 Å². The van der Waals surface area contributed by atoms with Gasteiger partial charge in [-0.05, 0) is 49.6 Å². The molecular formula is C22H27NO3S. The molecule has 5 heteroatoms. The van der Waals surface area contributed by atoms with Crippen LogP contribution >= 0.6 is 11.8 Å². The number of carbonyl (C=O) groups excluding carboxylic acids is 2. The molecule has 0 aliphatic carbocycles. The summed E-state index contributed by atoms with van der Waals surface area (Å²) in [4.78, 5) is 24.0. The lowest BCUT2D eigenvalue weighted by molar-refractivity contribution is -0.113. The number of benzene rings is 2. The fraction of sp³-hybridized carbons (Fsp3) is 0.364. The number of nitrogens with one attached hydrogen (secondary N) is 1. The summed E-state index contributed by atoms with van der Waals surface area (Å²) in [6.45, 7) is 8.25. The summed E-state index contributed by atoms with van der Waals surface area (Å²) in [5, 5.41) is 3.00. The van der Waals surface area contributed by atoms with E-state index in [-0.39, 0.29) is 11.7 Å². The van der Waals surface area contributed by atoms with E-state index in [1.165, 1.54) is 11.8 Å². The lowest BCUT2D eigenvalue weighted by Crippen LogP contribution is -2.15. The molecule has 4 nitrogen and oxygen atoms in total. The van der Waals surface area contributed by atoms with Gasteiger partial charge in [0, 0.05) is 22.6 Å². The number of para-hydroxylation sites is 1. The second-order valence-corrected chi connectivity index (χ2v) is 7.58. The van der Waals surface area contributed by atoms with Crippen LogP contribution in [0.25, 0.3) is 0 Å². The van der Waals surface area contributed by atoms with Crippen molar-refractivity contribution in [1.82, 2.24) is 0 Å². The fourth-order valence-electron chi connectivity index (χ4n) is 2.76. The molecule has 0 aliphatic rings. The summed E-state index contributed by atoms with van der Waals surface area (Å²) < 4.78 is 5.64. The fourth-order valence-corrected chi connectivity index (χ4v) is 3.57. The molecule has 0 radical (unpaired) electrons. The van der Waals surface area contributed by atoms with Crippen LogP contribution in [-0.4, -0.2) is 24.1 Å². The molecule has 0 heterocycles. The van der Waals surface area contributed by atoms with Crippen LogP contribution in [0.15, 0.2) is 42.5 Å². The van der Waals surface area contributed by atoms with Gasteiger partial charge in [0.15, 0.2) is 5.78 Å². The number of Topliss-reactive ketones (excluding diaryl/α,β-unsaturated/α-hetero) is 1. The van der Waals surface area contributed by atoms with Crippen molar-refractivity contribution in [1.29, 1.82) is 0 Å². The highest BCUT2D eigenvalue weighted by Crippen LogP contribution is 2.26. The Morgan fingerprint density at radius 3 is 2.56 bits per heavy atom. The third-order valence-corrected chi connectivity index (χ3v) is 5.10. The monoisotopic (exact) mass is 385 g/mol. The number of anilines is 1. The lowest BCUT2D eigenvalue weighted by atomic mass is 10.0. The maximum absolute atomic E-state index is 12.3. The van der Waals surface area contributed by atoms with Crippen LogP contribution < -0.4 is 10.1 Å². The lowest BCUT2D eigenvalue weighted by Gasteiger charge is -2.14. The molecule has 0 aromatic heterocycles. The van der Waals surface area contributed by atoms with Crippen LogP contribution in [0.1, 0.15) is 55.1 Å². The molecule has 2 aromatic rings.